The Hall–Kier alpha value is -1.03. The summed E-state index contributed by atoms with van der Waals surface area (Å²) in [6.07, 6.45) is 5.33. The van der Waals surface area contributed by atoms with Crippen molar-refractivity contribution in [2.45, 2.75) is 46.1 Å². The van der Waals surface area contributed by atoms with Gasteiger partial charge in [-0.1, -0.05) is 13.3 Å². The molecule has 1 aliphatic heterocycles. The number of aromatic nitrogens is 2. The fourth-order valence-corrected chi connectivity index (χ4v) is 3.25. The van der Waals surface area contributed by atoms with Crippen molar-refractivity contribution in [1.82, 2.24) is 15.1 Å². The van der Waals surface area contributed by atoms with E-state index in [9.17, 15) is 0 Å². The van der Waals surface area contributed by atoms with Gasteiger partial charge in [-0.15, -0.1) is 0 Å². The molecule has 0 spiro atoms. The van der Waals surface area contributed by atoms with Crippen LogP contribution in [0.15, 0.2) is 0 Å². The second-order valence-corrected chi connectivity index (χ2v) is 5.73. The Morgan fingerprint density at radius 2 is 2.11 bits per heavy atom. The Labute approximate surface area is 117 Å². The third kappa shape index (κ3) is 3.11. The zero-order chi connectivity index (χ0) is 13.8. The number of anilines is 1. The molecule has 1 atom stereocenters. The van der Waals surface area contributed by atoms with Gasteiger partial charge in [0.1, 0.15) is 5.82 Å². The van der Waals surface area contributed by atoms with Crippen LogP contribution in [0.4, 0.5) is 5.82 Å². The summed E-state index contributed by atoms with van der Waals surface area (Å²) in [6, 6.07) is 0. The number of nitrogens with one attached hydrogen (secondary N) is 1. The summed E-state index contributed by atoms with van der Waals surface area (Å²) < 4.78 is 2.06. The van der Waals surface area contributed by atoms with Crippen molar-refractivity contribution in [3.8, 4) is 0 Å². The molecule has 0 bridgehead atoms. The lowest BCUT2D eigenvalue weighted by molar-refractivity contribution is 0.459. The largest absolute Gasteiger partial charge is 0.357 e. The first-order valence-electron chi connectivity index (χ1n) is 7.59. The second-order valence-electron chi connectivity index (χ2n) is 5.73. The molecule has 19 heavy (non-hydrogen) atoms. The van der Waals surface area contributed by atoms with Gasteiger partial charge in [0.05, 0.1) is 5.69 Å². The van der Waals surface area contributed by atoms with Crippen molar-refractivity contribution in [3.63, 3.8) is 0 Å². The first kappa shape index (κ1) is 14.4. The Bertz CT molecular complexity index is 411. The molecule has 4 nitrogen and oxygen atoms in total. The fraction of sp³-hybridized carbons (Fsp3) is 0.800. The molecule has 1 aromatic rings. The highest BCUT2D eigenvalue weighted by Crippen LogP contribution is 2.28. The Kier molecular flexibility index (Phi) is 4.86. The molecule has 1 unspecified atom stereocenters. The highest BCUT2D eigenvalue weighted by Gasteiger charge is 2.22. The molecule has 0 radical (unpaired) electrons. The molecule has 1 aromatic heterocycles. The highest BCUT2D eigenvalue weighted by molar-refractivity contribution is 5.50. The maximum atomic E-state index is 4.61. The van der Waals surface area contributed by atoms with Crippen molar-refractivity contribution < 1.29 is 0 Å². The monoisotopic (exact) mass is 264 g/mol. The summed E-state index contributed by atoms with van der Waals surface area (Å²) in [4.78, 5) is 2.54. The summed E-state index contributed by atoms with van der Waals surface area (Å²) in [6.45, 7) is 7.69. The summed E-state index contributed by atoms with van der Waals surface area (Å²) in [7, 11) is 4.08. The number of rotatable bonds is 4. The van der Waals surface area contributed by atoms with Gasteiger partial charge in [0, 0.05) is 32.2 Å². The first-order chi connectivity index (χ1) is 9.17. The van der Waals surface area contributed by atoms with Gasteiger partial charge in [-0.25, -0.2) is 0 Å². The average Bonchev–Trinajstić information content (AvgIpc) is 2.59. The van der Waals surface area contributed by atoms with Gasteiger partial charge in [-0.05, 0) is 39.2 Å². The van der Waals surface area contributed by atoms with E-state index in [4.69, 9.17) is 0 Å². The third-order valence-corrected chi connectivity index (χ3v) is 4.39. The van der Waals surface area contributed by atoms with Gasteiger partial charge >= 0.3 is 0 Å². The van der Waals surface area contributed by atoms with Crippen LogP contribution in [-0.4, -0.2) is 29.9 Å². The van der Waals surface area contributed by atoms with E-state index in [1.165, 1.54) is 50.2 Å². The molecule has 1 N–H and O–H groups in total. The van der Waals surface area contributed by atoms with Gasteiger partial charge in [0.2, 0.25) is 0 Å². The predicted octanol–water partition coefficient (Wildman–Crippen LogP) is 2.46. The van der Waals surface area contributed by atoms with Crippen LogP contribution in [-0.2, 0) is 13.6 Å². The minimum atomic E-state index is 0.905. The van der Waals surface area contributed by atoms with Crippen LogP contribution >= 0.6 is 0 Å². The number of nitrogens with zero attached hydrogens (tertiary/aromatic N) is 3. The second kappa shape index (κ2) is 6.42. The zero-order valence-electron chi connectivity index (χ0n) is 12.9. The normalized spacial score (nSPS) is 20.6. The lowest BCUT2D eigenvalue weighted by Crippen LogP contribution is -2.28. The molecular weight excluding hydrogens is 236 g/mol. The van der Waals surface area contributed by atoms with Crippen LogP contribution in [0.5, 0.6) is 0 Å². The van der Waals surface area contributed by atoms with Crippen LogP contribution in [0.3, 0.4) is 0 Å². The van der Waals surface area contributed by atoms with E-state index in [-0.39, 0.29) is 0 Å². The molecule has 4 heteroatoms. The molecule has 2 rings (SSSR count). The van der Waals surface area contributed by atoms with Crippen molar-refractivity contribution in [2.75, 3.05) is 25.0 Å². The number of aryl methyl sites for hydroxylation is 2. The topological polar surface area (TPSA) is 33.1 Å². The van der Waals surface area contributed by atoms with E-state index in [1.54, 1.807) is 0 Å². The van der Waals surface area contributed by atoms with Gasteiger partial charge in [-0.2, -0.15) is 5.10 Å². The molecule has 1 fully saturated rings. The molecule has 108 valence electrons. The van der Waals surface area contributed by atoms with Crippen molar-refractivity contribution in [1.29, 1.82) is 0 Å². The van der Waals surface area contributed by atoms with E-state index in [1.807, 2.05) is 7.05 Å². The zero-order valence-corrected chi connectivity index (χ0v) is 12.9. The molecule has 1 aliphatic rings. The van der Waals surface area contributed by atoms with E-state index in [2.05, 4.69) is 40.9 Å². The van der Waals surface area contributed by atoms with Crippen molar-refractivity contribution in [2.24, 2.45) is 13.0 Å². The molecule has 2 heterocycles. The minimum absolute atomic E-state index is 0.905. The molecule has 0 aromatic carbocycles. The number of hydrogen-bond acceptors (Lipinski definition) is 3. The summed E-state index contributed by atoms with van der Waals surface area (Å²) >= 11 is 0. The standard InChI is InChI=1S/C15H28N4/c1-5-13-7-6-9-19(10-8-13)15-14(11-16-3)12(2)17-18(15)4/h13,16H,5-11H2,1-4H3. The van der Waals surface area contributed by atoms with E-state index < -0.39 is 0 Å². The van der Waals surface area contributed by atoms with E-state index in [0.717, 1.165) is 18.2 Å². The van der Waals surface area contributed by atoms with Crippen molar-refractivity contribution in [3.05, 3.63) is 11.3 Å². The maximum absolute atomic E-state index is 4.61. The predicted molar refractivity (Wildman–Crippen MR) is 80.6 cm³/mol. The van der Waals surface area contributed by atoms with Crippen LogP contribution in [0.1, 0.15) is 43.9 Å². The van der Waals surface area contributed by atoms with Gasteiger partial charge in [0.25, 0.3) is 0 Å². The minimum Gasteiger partial charge on any atom is -0.357 e. The maximum Gasteiger partial charge on any atom is 0.131 e. The summed E-state index contributed by atoms with van der Waals surface area (Å²) in [5, 5.41) is 7.88. The van der Waals surface area contributed by atoms with E-state index >= 15 is 0 Å². The quantitative estimate of drug-likeness (QED) is 0.907. The van der Waals surface area contributed by atoms with Crippen LogP contribution in [0.2, 0.25) is 0 Å². The molecular formula is C15H28N4. The van der Waals surface area contributed by atoms with Gasteiger partial charge < -0.3 is 10.2 Å². The fourth-order valence-electron chi connectivity index (χ4n) is 3.25. The molecule has 0 amide bonds. The molecule has 1 saturated heterocycles. The van der Waals surface area contributed by atoms with Gasteiger partial charge in [-0.3, -0.25) is 4.68 Å². The summed E-state index contributed by atoms with van der Waals surface area (Å²) in [5.41, 5.74) is 2.52. The Morgan fingerprint density at radius 3 is 2.79 bits per heavy atom. The Balaban J connectivity index is 2.20. The van der Waals surface area contributed by atoms with Gasteiger partial charge in [0.15, 0.2) is 0 Å². The smallest absolute Gasteiger partial charge is 0.131 e. The van der Waals surface area contributed by atoms with E-state index in [0.29, 0.717) is 0 Å². The van der Waals surface area contributed by atoms with Crippen LogP contribution < -0.4 is 10.2 Å². The third-order valence-electron chi connectivity index (χ3n) is 4.39. The first-order valence-corrected chi connectivity index (χ1v) is 7.59. The lowest BCUT2D eigenvalue weighted by atomic mass is 9.98. The number of hydrogen-bond donors (Lipinski definition) is 1. The highest BCUT2D eigenvalue weighted by atomic mass is 15.4. The van der Waals surface area contributed by atoms with Crippen LogP contribution in [0.25, 0.3) is 0 Å². The molecule has 0 aliphatic carbocycles. The Morgan fingerprint density at radius 1 is 1.32 bits per heavy atom. The lowest BCUT2D eigenvalue weighted by Gasteiger charge is -2.24. The SMILES string of the molecule is CCC1CCCN(c2c(CNC)c(C)nn2C)CC1. The average molecular weight is 264 g/mol. The van der Waals surface area contributed by atoms with Crippen LogP contribution in [0, 0.1) is 12.8 Å². The van der Waals surface area contributed by atoms with Crippen molar-refractivity contribution >= 4 is 5.82 Å². The summed E-state index contributed by atoms with van der Waals surface area (Å²) in [5.74, 6) is 2.23. The molecule has 0 saturated carbocycles.